The summed E-state index contributed by atoms with van der Waals surface area (Å²) >= 11 is 0. The molecule has 2 aromatic heterocycles. The van der Waals surface area contributed by atoms with Gasteiger partial charge < -0.3 is 24.3 Å². The third kappa shape index (κ3) is 2.48. The van der Waals surface area contributed by atoms with E-state index in [-0.39, 0.29) is 24.3 Å². The topological polar surface area (TPSA) is 111 Å². The maximum atomic E-state index is 13.3. The third-order valence-electron chi connectivity index (χ3n) is 6.46. The number of nitrogens with zero attached hydrogens (tertiary/aromatic N) is 2. The molecule has 0 saturated carbocycles. The molecule has 0 unspecified atom stereocenters. The summed E-state index contributed by atoms with van der Waals surface area (Å²) in [5.41, 5.74) is 2.14. The van der Waals surface area contributed by atoms with E-state index in [0.717, 1.165) is 16.5 Å². The zero-order valence-corrected chi connectivity index (χ0v) is 17.5. The predicted molar refractivity (Wildman–Crippen MR) is 112 cm³/mol. The highest BCUT2D eigenvalue weighted by atomic mass is 16.6. The van der Waals surface area contributed by atoms with Gasteiger partial charge in [-0.05, 0) is 30.5 Å². The molecule has 0 saturated heterocycles. The number of rotatable bonds is 3. The first kappa shape index (κ1) is 19.6. The molecular formula is C23H22N2O6. The molecule has 2 aliphatic rings. The number of fused-ring (bicyclic) bond motifs is 5. The second-order valence-corrected chi connectivity index (χ2v) is 7.92. The molecule has 1 atom stereocenters. The van der Waals surface area contributed by atoms with Crippen LogP contribution in [0.2, 0.25) is 0 Å². The van der Waals surface area contributed by atoms with Crippen LogP contribution in [0.25, 0.3) is 22.3 Å². The van der Waals surface area contributed by atoms with Crippen LogP contribution < -0.4 is 10.3 Å². The Bertz CT molecular complexity index is 1340. The summed E-state index contributed by atoms with van der Waals surface area (Å²) < 4.78 is 12.0. The van der Waals surface area contributed by atoms with Crippen LogP contribution in [0, 0.1) is 0 Å². The van der Waals surface area contributed by atoms with E-state index in [1.165, 1.54) is 7.11 Å². The molecule has 8 heteroatoms. The van der Waals surface area contributed by atoms with E-state index in [1.54, 1.807) is 29.7 Å². The number of aliphatic hydroxyl groups is 1. The lowest BCUT2D eigenvalue weighted by molar-refractivity contribution is -0.172. The van der Waals surface area contributed by atoms with E-state index in [0.29, 0.717) is 46.7 Å². The van der Waals surface area contributed by atoms with E-state index in [9.17, 15) is 19.8 Å². The molecule has 2 aliphatic heterocycles. The molecule has 0 radical (unpaired) electrons. The Morgan fingerprint density at radius 3 is 2.68 bits per heavy atom. The molecule has 0 spiro atoms. The minimum Gasteiger partial charge on any atom is -0.504 e. The molecule has 0 aliphatic carbocycles. The van der Waals surface area contributed by atoms with Crippen LogP contribution in [0.1, 0.15) is 42.5 Å². The number of hydrogen-bond acceptors (Lipinski definition) is 7. The standard InChI is InChI=1S/C23H22N2O6/c1-4-11-12-6-18(26)19(30-3)8-16(12)24-20-13(11)9-25-17(20)7-15-14(21(25)27)10-31-22(28)23(15,29)5-2/h6-8,26,29H,4-5,9-10H2,1-3H3/t23-/m0/s1. The van der Waals surface area contributed by atoms with Crippen LogP contribution in [0.4, 0.5) is 0 Å². The van der Waals surface area contributed by atoms with Crippen LogP contribution in [-0.4, -0.2) is 32.8 Å². The molecule has 0 amide bonds. The second kappa shape index (κ2) is 6.55. The molecule has 8 nitrogen and oxygen atoms in total. The molecule has 0 bridgehead atoms. The lowest BCUT2D eigenvalue weighted by Crippen LogP contribution is -2.44. The van der Waals surface area contributed by atoms with Gasteiger partial charge in [-0.15, -0.1) is 0 Å². The lowest BCUT2D eigenvalue weighted by Gasteiger charge is -2.31. The van der Waals surface area contributed by atoms with Crippen molar-refractivity contribution in [1.82, 2.24) is 9.55 Å². The van der Waals surface area contributed by atoms with Gasteiger partial charge in [-0.3, -0.25) is 4.79 Å². The Labute approximate surface area is 177 Å². The normalized spacial score (nSPS) is 19.0. The summed E-state index contributed by atoms with van der Waals surface area (Å²) in [6, 6.07) is 5.00. The molecule has 4 heterocycles. The lowest BCUT2D eigenvalue weighted by atomic mass is 9.86. The number of aromatic nitrogens is 2. The minimum absolute atomic E-state index is 0.0262. The van der Waals surface area contributed by atoms with Crippen molar-refractivity contribution in [2.24, 2.45) is 0 Å². The van der Waals surface area contributed by atoms with Crippen LogP contribution in [0.3, 0.4) is 0 Å². The number of carbonyl (C=O) groups is 1. The van der Waals surface area contributed by atoms with Gasteiger partial charge in [-0.25, -0.2) is 9.78 Å². The summed E-state index contributed by atoms with van der Waals surface area (Å²) in [6.07, 6.45) is 0.770. The molecule has 3 aromatic rings. The average Bonchev–Trinajstić information content (AvgIpc) is 3.13. The number of hydrogen-bond donors (Lipinski definition) is 2. The highest BCUT2D eigenvalue weighted by molar-refractivity contribution is 5.91. The van der Waals surface area contributed by atoms with Crippen LogP contribution in [0.15, 0.2) is 23.0 Å². The zero-order valence-electron chi connectivity index (χ0n) is 17.5. The van der Waals surface area contributed by atoms with E-state index in [4.69, 9.17) is 14.5 Å². The summed E-state index contributed by atoms with van der Waals surface area (Å²) in [5, 5.41) is 22.1. The van der Waals surface area contributed by atoms with Crippen molar-refractivity contribution in [3.8, 4) is 22.9 Å². The fourth-order valence-electron chi connectivity index (χ4n) is 4.75. The molecule has 2 N–H and O–H groups in total. The summed E-state index contributed by atoms with van der Waals surface area (Å²) in [6.45, 7) is 3.85. The highest BCUT2D eigenvalue weighted by Gasteiger charge is 2.45. The number of ether oxygens (including phenoxy) is 2. The number of phenols is 1. The summed E-state index contributed by atoms with van der Waals surface area (Å²) in [5.74, 6) is -0.407. The maximum absolute atomic E-state index is 13.3. The van der Waals surface area contributed by atoms with Gasteiger partial charge in [-0.1, -0.05) is 13.8 Å². The number of aryl methyl sites for hydroxylation is 1. The number of cyclic esters (lactones) is 1. The van der Waals surface area contributed by atoms with Gasteiger partial charge in [-0.2, -0.15) is 0 Å². The number of benzene rings is 1. The number of phenolic OH excluding ortho intramolecular Hbond substituents is 1. The quantitative estimate of drug-likeness (QED) is 0.488. The minimum atomic E-state index is -1.86. The number of esters is 1. The number of methoxy groups -OCH3 is 1. The SMILES string of the molecule is CCc1c2c(nc3cc(OC)c(O)cc13)-c1cc3c(c(=O)n1C2)COC(=O)[C@]3(O)CC. The van der Waals surface area contributed by atoms with E-state index < -0.39 is 11.6 Å². The van der Waals surface area contributed by atoms with E-state index in [2.05, 4.69) is 0 Å². The van der Waals surface area contributed by atoms with E-state index in [1.807, 2.05) is 6.92 Å². The predicted octanol–water partition coefficient (Wildman–Crippen LogP) is 2.36. The van der Waals surface area contributed by atoms with Gasteiger partial charge in [0, 0.05) is 22.6 Å². The number of aromatic hydroxyl groups is 1. The van der Waals surface area contributed by atoms with Gasteiger partial charge in [0.05, 0.1) is 36.1 Å². The van der Waals surface area contributed by atoms with Crippen molar-refractivity contribution < 1.29 is 24.5 Å². The van der Waals surface area contributed by atoms with E-state index >= 15 is 0 Å². The van der Waals surface area contributed by atoms with Crippen molar-refractivity contribution >= 4 is 16.9 Å². The van der Waals surface area contributed by atoms with Gasteiger partial charge in [0.25, 0.3) is 5.56 Å². The van der Waals surface area contributed by atoms with Gasteiger partial charge in [0.2, 0.25) is 0 Å². The third-order valence-corrected chi connectivity index (χ3v) is 6.46. The fourth-order valence-corrected chi connectivity index (χ4v) is 4.75. The molecule has 160 valence electrons. The Hall–Kier alpha value is -3.39. The molecule has 5 rings (SSSR count). The molecule has 1 aromatic carbocycles. The highest BCUT2D eigenvalue weighted by Crippen LogP contribution is 2.41. The van der Waals surface area contributed by atoms with Crippen molar-refractivity contribution in [3.05, 3.63) is 50.8 Å². The second-order valence-electron chi connectivity index (χ2n) is 7.92. The average molecular weight is 422 g/mol. The van der Waals surface area contributed by atoms with Crippen LogP contribution >= 0.6 is 0 Å². The summed E-state index contributed by atoms with van der Waals surface area (Å²) in [4.78, 5) is 30.4. The van der Waals surface area contributed by atoms with Crippen molar-refractivity contribution in [3.63, 3.8) is 0 Å². The largest absolute Gasteiger partial charge is 0.504 e. The fraction of sp³-hybridized carbons (Fsp3) is 0.348. The van der Waals surface area contributed by atoms with Gasteiger partial charge >= 0.3 is 5.97 Å². The Morgan fingerprint density at radius 2 is 2.00 bits per heavy atom. The van der Waals surface area contributed by atoms with Gasteiger partial charge in [0.15, 0.2) is 17.1 Å². The van der Waals surface area contributed by atoms with Crippen LogP contribution in [-0.2, 0) is 34.7 Å². The first-order chi connectivity index (χ1) is 14.8. The molecular weight excluding hydrogens is 400 g/mol. The number of pyridine rings is 2. The van der Waals surface area contributed by atoms with Crippen molar-refractivity contribution in [1.29, 1.82) is 0 Å². The maximum Gasteiger partial charge on any atom is 0.343 e. The molecule has 0 fully saturated rings. The monoisotopic (exact) mass is 422 g/mol. The first-order valence-corrected chi connectivity index (χ1v) is 10.2. The Balaban J connectivity index is 1.83. The van der Waals surface area contributed by atoms with Crippen molar-refractivity contribution in [2.45, 2.75) is 45.4 Å². The smallest absolute Gasteiger partial charge is 0.343 e. The number of carbonyl (C=O) groups excluding carboxylic acids is 1. The van der Waals surface area contributed by atoms with Gasteiger partial charge in [0.1, 0.15) is 6.61 Å². The molecule has 31 heavy (non-hydrogen) atoms. The summed E-state index contributed by atoms with van der Waals surface area (Å²) in [7, 11) is 1.47. The first-order valence-electron chi connectivity index (χ1n) is 10.2. The Kier molecular flexibility index (Phi) is 4.14. The van der Waals surface area contributed by atoms with Crippen molar-refractivity contribution in [2.75, 3.05) is 7.11 Å². The zero-order chi connectivity index (χ0) is 22.1. The Morgan fingerprint density at radius 1 is 1.23 bits per heavy atom. The van der Waals surface area contributed by atoms with Crippen LogP contribution in [0.5, 0.6) is 11.5 Å².